The van der Waals surface area contributed by atoms with E-state index in [1.54, 1.807) is 23.5 Å². The molecule has 1 heterocycles. The van der Waals surface area contributed by atoms with Gasteiger partial charge in [0, 0.05) is 45.6 Å². The van der Waals surface area contributed by atoms with E-state index < -0.39 is 5.97 Å². The van der Waals surface area contributed by atoms with Gasteiger partial charge in [-0.3, -0.25) is 0 Å². The zero-order chi connectivity index (χ0) is 38.0. The van der Waals surface area contributed by atoms with Crippen molar-refractivity contribution >= 4 is 46.8 Å². The molecule has 0 spiro atoms. The molecule has 0 fully saturated rings. The van der Waals surface area contributed by atoms with E-state index in [9.17, 15) is 15.0 Å². The van der Waals surface area contributed by atoms with Gasteiger partial charge in [-0.1, -0.05) is 143 Å². The van der Waals surface area contributed by atoms with Crippen molar-refractivity contribution in [3.8, 4) is 11.5 Å². The molecule has 3 aromatic rings. The molecule has 0 aliphatic carbocycles. The van der Waals surface area contributed by atoms with Gasteiger partial charge in [0.05, 0.1) is 5.97 Å². The second kappa shape index (κ2) is 27.4. The number of aromatic carboxylic acids is 1. The molecule has 1 aromatic heterocycles. The smallest absolute Gasteiger partial charge is 0.545 e. The quantitative estimate of drug-likeness (QED) is 0.0389. The van der Waals surface area contributed by atoms with Crippen molar-refractivity contribution in [3.63, 3.8) is 0 Å². The zero-order valence-corrected chi connectivity index (χ0v) is 37.9. The second-order valence-corrected chi connectivity index (χ2v) is 17.2. The minimum absolute atomic E-state index is 0. The van der Waals surface area contributed by atoms with Crippen LogP contribution < -0.4 is 45.7 Å². The van der Waals surface area contributed by atoms with Gasteiger partial charge in [-0.15, -0.1) is 0 Å². The van der Waals surface area contributed by atoms with Gasteiger partial charge >= 0.3 is 29.6 Å². The van der Waals surface area contributed by atoms with Crippen molar-refractivity contribution in [2.75, 3.05) is 22.6 Å². The number of hydrogen-bond donors (Lipinski definition) is 4. The number of aromatic hydroxyl groups is 2. The van der Waals surface area contributed by atoms with Crippen molar-refractivity contribution < 1.29 is 60.6 Å². The van der Waals surface area contributed by atoms with Gasteiger partial charge in [-0.25, -0.2) is 0 Å². The van der Waals surface area contributed by atoms with Crippen LogP contribution in [0.25, 0.3) is 0 Å². The second-order valence-electron chi connectivity index (χ2n) is 15.1. The summed E-state index contributed by atoms with van der Waals surface area (Å²) in [5.41, 5.74) is 7.67. The van der Waals surface area contributed by atoms with E-state index in [0.29, 0.717) is 17.4 Å². The number of benzene rings is 2. The molecule has 0 atom stereocenters. The monoisotopic (exact) mass is 799 g/mol. The van der Waals surface area contributed by atoms with Gasteiger partial charge in [0.1, 0.15) is 11.5 Å². The number of hydrogen-bond acceptors (Lipinski definition) is 11. The first kappa shape index (κ1) is 53.8. The number of nitrogens with two attached hydrogens (primary N) is 1. The standard InChI is InChI=1S/C33H56N4OS2.C7H7NO3.Na.2H2O/c1-9-11-13-15-17-19-21-39-30-35-29(36-31(37-30)40-22-20-18-16-14-12-10-2)34-25-23-26(32(3,4)5)28(38)27(24-25)33(6,7)8;8-4-1-2-5(7(10)11)6(9)3-4;;;/h23-24,38H,9-22H2,1-8H3,(H,34,35,36,37);1-3,9H,8H2,(H,10,11);;2*1H2/q;;+1;;/p-1. The normalized spacial score (nSPS) is 11.0. The van der Waals surface area contributed by atoms with Crippen LogP contribution in [0.2, 0.25) is 0 Å². The Bertz CT molecular complexity index is 1450. The van der Waals surface area contributed by atoms with E-state index in [1.165, 1.54) is 89.2 Å². The minimum Gasteiger partial charge on any atom is -0.545 e. The Morgan fingerprint density at radius 2 is 1.15 bits per heavy atom. The number of thioether (sulfide) groups is 2. The number of aromatic nitrogens is 3. The van der Waals surface area contributed by atoms with Crippen LogP contribution in [0.4, 0.5) is 17.3 Å². The largest absolute Gasteiger partial charge is 1.00 e. The molecule has 11 nitrogen and oxygen atoms in total. The predicted octanol–water partition coefficient (Wildman–Crippen LogP) is 5.51. The Morgan fingerprint density at radius 3 is 1.54 bits per heavy atom. The molecular weight excluding hydrogens is 734 g/mol. The van der Waals surface area contributed by atoms with Gasteiger partial charge in [0.25, 0.3) is 0 Å². The van der Waals surface area contributed by atoms with Crippen molar-refractivity contribution in [1.82, 2.24) is 15.0 Å². The number of carboxylic acid groups (broad SMARTS) is 1. The molecule has 14 heteroatoms. The number of rotatable bonds is 19. The molecule has 0 aliphatic rings. The molecule has 2 aromatic carbocycles. The number of carbonyl (C=O) groups is 1. The summed E-state index contributed by atoms with van der Waals surface area (Å²) in [6.07, 6.45) is 15.4. The average Bonchev–Trinajstić information content (AvgIpc) is 3.03. The zero-order valence-electron chi connectivity index (χ0n) is 34.2. The molecular formula is C40H66N5NaO6S2. The first-order valence-electron chi connectivity index (χ1n) is 18.5. The first-order chi connectivity index (χ1) is 24.1. The number of carbonyl (C=O) groups excluding carboxylic acids is 1. The molecule has 0 saturated heterocycles. The third-order valence-electron chi connectivity index (χ3n) is 8.28. The van der Waals surface area contributed by atoms with Crippen molar-refractivity contribution in [3.05, 3.63) is 47.0 Å². The molecule has 0 aliphatic heterocycles. The maximum absolute atomic E-state index is 11.1. The number of phenolic OH excluding ortho intramolecular Hbond substituents is 1. The number of nitrogens with zero attached hydrogens (tertiary/aromatic N) is 3. The molecule has 54 heavy (non-hydrogen) atoms. The van der Waals surface area contributed by atoms with Gasteiger partial charge in [0.2, 0.25) is 5.95 Å². The van der Waals surface area contributed by atoms with Crippen LogP contribution in [-0.4, -0.2) is 53.6 Å². The molecule has 9 N–H and O–H groups in total. The third-order valence-corrected chi connectivity index (χ3v) is 10.1. The van der Waals surface area contributed by atoms with Gasteiger partial charge in [-0.05, 0) is 47.9 Å². The van der Waals surface area contributed by atoms with Crippen molar-refractivity contribution in [2.24, 2.45) is 0 Å². The molecule has 3 rings (SSSR count). The molecule has 0 unspecified atom stereocenters. The molecule has 0 radical (unpaired) electrons. The van der Waals surface area contributed by atoms with Crippen LogP contribution in [0.3, 0.4) is 0 Å². The van der Waals surface area contributed by atoms with E-state index in [1.807, 2.05) is 12.1 Å². The summed E-state index contributed by atoms with van der Waals surface area (Å²) in [6, 6.07) is 7.82. The first-order valence-corrected chi connectivity index (χ1v) is 20.5. The van der Waals surface area contributed by atoms with E-state index in [2.05, 4.69) is 60.7 Å². The summed E-state index contributed by atoms with van der Waals surface area (Å²) in [7, 11) is 0. The SMILES string of the molecule is CCCCCCCCSc1nc(Nc2cc(C(C)(C)C)c(O)c(C(C)(C)C)c2)nc(SCCCCCCCC)n1.Nc1ccc(C(=O)[O-])c(O)c1.O.O.[Na+]. The van der Waals surface area contributed by atoms with Crippen molar-refractivity contribution in [1.29, 1.82) is 0 Å². The number of nitrogens with one attached hydrogen (secondary N) is 1. The van der Waals surface area contributed by atoms with E-state index >= 15 is 0 Å². The summed E-state index contributed by atoms with van der Waals surface area (Å²) in [6.45, 7) is 17.3. The summed E-state index contributed by atoms with van der Waals surface area (Å²) in [5.74, 6) is 1.23. The molecule has 0 bridgehead atoms. The van der Waals surface area contributed by atoms with Gasteiger partial charge in [-0.2, -0.15) is 15.0 Å². The Hall–Kier alpha value is -2.26. The predicted molar refractivity (Wildman–Crippen MR) is 221 cm³/mol. The van der Waals surface area contributed by atoms with Gasteiger partial charge in [0.15, 0.2) is 10.3 Å². The van der Waals surface area contributed by atoms with Crippen LogP contribution in [0.1, 0.15) is 154 Å². The maximum Gasteiger partial charge on any atom is 1.00 e. The van der Waals surface area contributed by atoms with E-state index in [0.717, 1.165) is 44.7 Å². The Balaban J connectivity index is 0. The van der Waals surface area contributed by atoms with Crippen LogP contribution in [0.5, 0.6) is 11.5 Å². The average molecular weight is 800 g/mol. The number of phenols is 2. The maximum atomic E-state index is 11.1. The summed E-state index contributed by atoms with van der Waals surface area (Å²) >= 11 is 3.48. The summed E-state index contributed by atoms with van der Waals surface area (Å²) < 4.78 is 0. The van der Waals surface area contributed by atoms with Crippen molar-refractivity contribution in [2.45, 2.75) is 154 Å². The summed E-state index contributed by atoms with van der Waals surface area (Å²) in [5, 5.41) is 35.4. The van der Waals surface area contributed by atoms with Crippen LogP contribution in [-0.2, 0) is 10.8 Å². The number of nitrogen functional groups attached to an aromatic ring is 1. The molecule has 0 saturated carbocycles. The van der Waals surface area contributed by atoms with Gasteiger partial charge < -0.3 is 42.1 Å². The Labute approximate surface area is 354 Å². The number of carboxylic acids is 1. The number of unbranched alkanes of at least 4 members (excludes halogenated alkanes) is 10. The third kappa shape index (κ3) is 20.1. The Kier molecular flexibility index (Phi) is 27.3. The van der Waals surface area contributed by atoms with E-state index in [-0.39, 0.29) is 62.7 Å². The molecule has 300 valence electrons. The Morgan fingerprint density at radius 1 is 0.722 bits per heavy atom. The summed E-state index contributed by atoms with van der Waals surface area (Å²) in [4.78, 5) is 24.7. The molecule has 0 amide bonds. The fourth-order valence-electron chi connectivity index (χ4n) is 5.32. The topological polar surface area (TPSA) is 220 Å². The van der Waals surface area contributed by atoms with Crippen LogP contribution >= 0.6 is 23.5 Å². The number of anilines is 3. The minimum atomic E-state index is -1.41. The fraction of sp³-hybridized carbons (Fsp3) is 0.600. The van der Waals surface area contributed by atoms with Crippen LogP contribution in [0, 0.1) is 0 Å². The fourth-order valence-corrected chi connectivity index (χ4v) is 7.04. The van der Waals surface area contributed by atoms with E-state index in [4.69, 9.17) is 25.8 Å². The van der Waals surface area contributed by atoms with Crippen LogP contribution in [0.15, 0.2) is 40.6 Å².